The summed E-state index contributed by atoms with van der Waals surface area (Å²) in [4.78, 5) is 27.1. The van der Waals surface area contributed by atoms with E-state index in [1.807, 2.05) is 17.1 Å². The van der Waals surface area contributed by atoms with Crippen LogP contribution in [0.1, 0.15) is 12.0 Å². The second-order valence-electron chi connectivity index (χ2n) is 8.15. The lowest BCUT2D eigenvalue weighted by Gasteiger charge is -2.35. The minimum atomic E-state index is -0.263. The van der Waals surface area contributed by atoms with E-state index in [9.17, 15) is 9.18 Å². The molecule has 10 heteroatoms. The van der Waals surface area contributed by atoms with Gasteiger partial charge in [0.1, 0.15) is 11.5 Å². The number of hydrogen-bond acceptors (Lipinski definition) is 6. The van der Waals surface area contributed by atoms with Crippen LogP contribution in [0.2, 0.25) is 0 Å². The van der Waals surface area contributed by atoms with E-state index in [1.165, 1.54) is 12.1 Å². The number of hydrogen-bond donors (Lipinski definition) is 0. The standard InChI is InChI=1S/C23H28FN7O.ClH/c1-28(2)21(32)7-10-31-17-18(15-27-31)16-29-11-13-30(14-12-29)23-22(25-8-9-26-23)19-3-5-20(24)6-4-19;/h3-6,8-9,15,17H,7,10-14,16H2,1-2H3;1H. The predicted molar refractivity (Wildman–Crippen MR) is 128 cm³/mol. The van der Waals surface area contributed by atoms with Gasteiger partial charge in [0.15, 0.2) is 5.82 Å². The Balaban J connectivity index is 0.00000306. The lowest BCUT2D eigenvalue weighted by molar-refractivity contribution is -0.128. The van der Waals surface area contributed by atoms with Gasteiger partial charge in [0.05, 0.1) is 6.20 Å². The number of aryl methyl sites for hydroxylation is 1. The van der Waals surface area contributed by atoms with Gasteiger partial charge in [-0.3, -0.25) is 19.4 Å². The minimum Gasteiger partial charge on any atom is -0.352 e. The SMILES string of the molecule is CN(C)C(=O)CCn1cc(CN2CCN(c3nccnc3-c3ccc(F)cc3)CC2)cn1.Cl. The van der Waals surface area contributed by atoms with E-state index in [1.54, 1.807) is 43.5 Å². The summed E-state index contributed by atoms with van der Waals surface area (Å²) in [6.07, 6.45) is 7.71. The van der Waals surface area contributed by atoms with Crippen LogP contribution >= 0.6 is 12.4 Å². The van der Waals surface area contributed by atoms with Crippen molar-refractivity contribution in [2.45, 2.75) is 19.5 Å². The Morgan fingerprint density at radius 1 is 1.06 bits per heavy atom. The molecular formula is C23H29ClFN7O. The van der Waals surface area contributed by atoms with Crippen molar-refractivity contribution in [2.75, 3.05) is 45.2 Å². The van der Waals surface area contributed by atoms with E-state index >= 15 is 0 Å². The predicted octanol–water partition coefficient (Wildman–Crippen LogP) is 2.70. The molecule has 0 unspecified atom stereocenters. The molecule has 2 aromatic heterocycles. The third-order valence-corrected chi connectivity index (χ3v) is 5.61. The van der Waals surface area contributed by atoms with Gasteiger partial charge in [0.25, 0.3) is 0 Å². The van der Waals surface area contributed by atoms with Gasteiger partial charge < -0.3 is 9.80 Å². The molecule has 3 aromatic rings. The van der Waals surface area contributed by atoms with Gasteiger partial charge in [-0.25, -0.2) is 9.37 Å². The fourth-order valence-corrected chi connectivity index (χ4v) is 3.79. The number of rotatable bonds is 7. The summed E-state index contributed by atoms with van der Waals surface area (Å²) < 4.78 is 15.2. The van der Waals surface area contributed by atoms with Crippen molar-refractivity contribution < 1.29 is 9.18 Å². The Morgan fingerprint density at radius 2 is 1.76 bits per heavy atom. The Morgan fingerprint density at radius 3 is 2.45 bits per heavy atom. The van der Waals surface area contributed by atoms with Gasteiger partial charge in [0.2, 0.25) is 5.91 Å². The fourth-order valence-electron chi connectivity index (χ4n) is 3.79. The highest BCUT2D eigenvalue weighted by Gasteiger charge is 2.22. The molecule has 1 aliphatic heterocycles. The highest BCUT2D eigenvalue weighted by Crippen LogP contribution is 2.27. The lowest BCUT2D eigenvalue weighted by Crippen LogP contribution is -2.46. The van der Waals surface area contributed by atoms with E-state index < -0.39 is 0 Å². The summed E-state index contributed by atoms with van der Waals surface area (Å²) in [7, 11) is 3.53. The van der Waals surface area contributed by atoms with Gasteiger partial charge >= 0.3 is 0 Å². The first-order chi connectivity index (χ1) is 15.5. The Labute approximate surface area is 199 Å². The molecule has 0 atom stereocenters. The quantitative estimate of drug-likeness (QED) is 0.525. The van der Waals surface area contributed by atoms with Gasteiger partial charge in [-0.1, -0.05) is 0 Å². The van der Waals surface area contributed by atoms with E-state index in [0.29, 0.717) is 13.0 Å². The fraction of sp³-hybridized carbons (Fsp3) is 0.391. The molecule has 33 heavy (non-hydrogen) atoms. The van der Waals surface area contributed by atoms with Crippen LogP contribution < -0.4 is 4.90 Å². The monoisotopic (exact) mass is 473 g/mol. The van der Waals surface area contributed by atoms with E-state index in [0.717, 1.165) is 55.4 Å². The van der Waals surface area contributed by atoms with Crippen LogP contribution in [0, 0.1) is 5.82 Å². The summed E-state index contributed by atoms with van der Waals surface area (Å²) in [5, 5.41) is 4.39. The van der Waals surface area contributed by atoms with Gasteiger partial charge in [-0.2, -0.15) is 5.10 Å². The maximum Gasteiger partial charge on any atom is 0.223 e. The summed E-state index contributed by atoms with van der Waals surface area (Å²) in [6, 6.07) is 6.37. The molecule has 4 rings (SSSR count). The summed E-state index contributed by atoms with van der Waals surface area (Å²) in [5.41, 5.74) is 2.77. The normalized spacial score (nSPS) is 14.1. The molecule has 3 heterocycles. The molecular weight excluding hydrogens is 445 g/mol. The Bertz CT molecular complexity index is 1050. The highest BCUT2D eigenvalue weighted by molar-refractivity contribution is 5.85. The van der Waals surface area contributed by atoms with Crippen molar-refractivity contribution in [1.29, 1.82) is 0 Å². The number of anilines is 1. The second-order valence-corrected chi connectivity index (χ2v) is 8.15. The summed E-state index contributed by atoms with van der Waals surface area (Å²) in [5.74, 6) is 0.666. The van der Waals surface area contributed by atoms with Crippen LogP contribution in [0.4, 0.5) is 10.2 Å². The summed E-state index contributed by atoms with van der Waals surface area (Å²) in [6.45, 7) is 4.86. The zero-order valence-corrected chi connectivity index (χ0v) is 19.7. The largest absolute Gasteiger partial charge is 0.352 e. The van der Waals surface area contributed by atoms with Crippen molar-refractivity contribution in [1.82, 2.24) is 29.5 Å². The smallest absolute Gasteiger partial charge is 0.223 e. The molecule has 8 nitrogen and oxygen atoms in total. The van der Waals surface area contributed by atoms with Crippen molar-refractivity contribution in [3.05, 3.63) is 60.4 Å². The number of piperazine rings is 1. The number of amides is 1. The number of nitrogens with zero attached hydrogens (tertiary/aromatic N) is 7. The zero-order valence-electron chi connectivity index (χ0n) is 18.9. The van der Waals surface area contributed by atoms with Crippen molar-refractivity contribution in [3.8, 4) is 11.3 Å². The number of halogens is 2. The van der Waals surface area contributed by atoms with Crippen LogP contribution in [-0.2, 0) is 17.9 Å². The van der Waals surface area contributed by atoms with Crippen LogP contribution in [0.15, 0.2) is 49.1 Å². The molecule has 1 saturated heterocycles. The molecule has 0 radical (unpaired) electrons. The number of aromatic nitrogens is 4. The average molecular weight is 474 g/mol. The third kappa shape index (κ3) is 6.27. The summed E-state index contributed by atoms with van der Waals surface area (Å²) >= 11 is 0. The molecule has 0 aliphatic carbocycles. The third-order valence-electron chi connectivity index (χ3n) is 5.61. The second kappa shape index (κ2) is 11.2. The number of carbonyl (C=O) groups is 1. The molecule has 1 amide bonds. The zero-order chi connectivity index (χ0) is 22.5. The molecule has 176 valence electrons. The molecule has 0 bridgehead atoms. The van der Waals surface area contributed by atoms with Crippen LogP contribution in [-0.4, -0.2) is 75.7 Å². The molecule has 0 saturated carbocycles. The first-order valence-corrected chi connectivity index (χ1v) is 10.8. The van der Waals surface area contributed by atoms with Gasteiger partial charge in [-0.05, 0) is 24.3 Å². The number of benzene rings is 1. The molecule has 1 fully saturated rings. The van der Waals surface area contributed by atoms with Gasteiger partial charge in [0, 0.05) is 89.5 Å². The maximum atomic E-state index is 13.3. The number of carbonyl (C=O) groups excluding carboxylic acids is 1. The van der Waals surface area contributed by atoms with E-state index in [-0.39, 0.29) is 24.1 Å². The van der Waals surface area contributed by atoms with Crippen molar-refractivity contribution in [2.24, 2.45) is 0 Å². The Kier molecular flexibility index (Phi) is 8.35. The molecule has 1 aliphatic rings. The van der Waals surface area contributed by atoms with Crippen molar-refractivity contribution >= 4 is 24.1 Å². The average Bonchev–Trinajstić information content (AvgIpc) is 3.25. The van der Waals surface area contributed by atoms with Gasteiger partial charge in [-0.15, -0.1) is 12.4 Å². The first kappa shape index (κ1) is 24.6. The van der Waals surface area contributed by atoms with Crippen LogP contribution in [0.5, 0.6) is 0 Å². The topological polar surface area (TPSA) is 70.4 Å². The van der Waals surface area contributed by atoms with E-state index in [4.69, 9.17) is 0 Å². The first-order valence-electron chi connectivity index (χ1n) is 10.8. The molecule has 0 N–H and O–H groups in total. The lowest BCUT2D eigenvalue weighted by atomic mass is 10.1. The Hall–Kier alpha value is -3.04. The molecule has 1 aromatic carbocycles. The van der Waals surface area contributed by atoms with Crippen LogP contribution in [0.3, 0.4) is 0 Å². The van der Waals surface area contributed by atoms with E-state index in [2.05, 4.69) is 24.9 Å². The maximum absolute atomic E-state index is 13.3. The highest BCUT2D eigenvalue weighted by atomic mass is 35.5. The minimum absolute atomic E-state index is 0. The van der Waals surface area contributed by atoms with Crippen molar-refractivity contribution in [3.63, 3.8) is 0 Å². The molecule has 0 spiro atoms. The van der Waals surface area contributed by atoms with Crippen LogP contribution in [0.25, 0.3) is 11.3 Å².